The van der Waals surface area contributed by atoms with Crippen LogP contribution in [0.3, 0.4) is 0 Å². The van der Waals surface area contributed by atoms with E-state index >= 15 is 0 Å². The Morgan fingerprint density at radius 2 is 2.09 bits per heavy atom. The van der Waals surface area contributed by atoms with Crippen LogP contribution in [0.15, 0.2) is 54.3 Å². The number of aromatic nitrogens is 1. The summed E-state index contributed by atoms with van der Waals surface area (Å²) in [4.78, 5) is 0. The van der Waals surface area contributed by atoms with Gasteiger partial charge in [-0.2, -0.15) is 0 Å². The van der Waals surface area contributed by atoms with Gasteiger partial charge in [0.25, 0.3) is 0 Å². The normalized spacial score (nSPS) is 22.0. The highest BCUT2D eigenvalue weighted by molar-refractivity contribution is 7.91. The Labute approximate surface area is 130 Å². The van der Waals surface area contributed by atoms with Crippen molar-refractivity contribution in [1.29, 1.82) is 0 Å². The molecule has 2 aromatic rings. The predicted molar refractivity (Wildman–Crippen MR) is 88.1 cm³/mol. The van der Waals surface area contributed by atoms with Crippen molar-refractivity contribution in [1.82, 2.24) is 3.97 Å². The minimum atomic E-state index is -3.60. The van der Waals surface area contributed by atoms with Crippen molar-refractivity contribution < 1.29 is 13.5 Å². The summed E-state index contributed by atoms with van der Waals surface area (Å²) in [6, 6.07) is 7.08. The molecule has 0 bridgehead atoms. The summed E-state index contributed by atoms with van der Waals surface area (Å²) in [6.07, 6.45) is 7.55. The SMILES string of the molecule is CC1=CC=CC(C)(S(=O)(=O)n2ccc3c(CO)cccc32)C1. The van der Waals surface area contributed by atoms with Gasteiger partial charge in [-0.3, -0.25) is 0 Å². The number of rotatable bonds is 3. The van der Waals surface area contributed by atoms with Gasteiger partial charge in [-0.15, -0.1) is 0 Å². The lowest BCUT2D eigenvalue weighted by molar-refractivity contribution is 0.283. The molecule has 0 saturated heterocycles. The van der Waals surface area contributed by atoms with E-state index in [-0.39, 0.29) is 6.61 Å². The first kappa shape index (κ1) is 15.1. The molecule has 0 radical (unpaired) electrons. The summed E-state index contributed by atoms with van der Waals surface area (Å²) in [5.74, 6) is 0. The van der Waals surface area contributed by atoms with Gasteiger partial charge in [0.1, 0.15) is 4.75 Å². The lowest BCUT2D eigenvalue weighted by Gasteiger charge is -2.29. The van der Waals surface area contributed by atoms with Gasteiger partial charge in [0.15, 0.2) is 0 Å². The highest BCUT2D eigenvalue weighted by Gasteiger charge is 2.39. The van der Waals surface area contributed by atoms with E-state index in [1.54, 1.807) is 49.5 Å². The third kappa shape index (κ3) is 2.12. The van der Waals surface area contributed by atoms with Gasteiger partial charge in [0.05, 0.1) is 12.1 Å². The van der Waals surface area contributed by atoms with Crippen molar-refractivity contribution in [3.63, 3.8) is 0 Å². The van der Waals surface area contributed by atoms with Crippen LogP contribution in [0.1, 0.15) is 25.8 Å². The van der Waals surface area contributed by atoms with Gasteiger partial charge in [-0.1, -0.05) is 35.9 Å². The Hall–Kier alpha value is -1.85. The molecule has 0 fully saturated rings. The molecule has 1 aromatic heterocycles. The molecule has 4 nitrogen and oxygen atoms in total. The van der Waals surface area contributed by atoms with E-state index < -0.39 is 14.8 Å². The van der Waals surface area contributed by atoms with Gasteiger partial charge in [0.2, 0.25) is 10.0 Å². The fourth-order valence-corrected chi connectivity index (χ4v) is 4.79. The maximum Gasteiger partial charge on any atom is 0.248 e. The Morgan fingerprint density at radius 1 is 1.32 bits per heavy atom. The summed E-state index contributed by atoms with van der Waals surface area (Å²) in [5.41, 5.74) is 2.38. The van der Waals surface area contributed by atoms with E-state index in [2.05, 4.69) is 0 Å². The molecular weight excluding hydrogens is 298 g/mol. The molecule has 1 N–H and O–H groups in total. The number of hydrogen-bond donors (Lipinski definition) is 1. The Bertz CT molecular complexity index is 890. The number of hydrogen-bond acceptors (Lipinski definition) is 3. The topological polar surface area (TPSA) is 59.3 Å². The summed E-state index contributed by atoms with van der Waals surface area (Å²) in [7, 11) is -3.60. The Morgan fingerprint density at radius 3 is 2.77 bits per heavy atom. The molecule has 1 aromatic carbocycles. The van der Waals surface area contributed by atoms with Crippen molar-refractivity contribution >= 4 is 20.9 Å². The lowest BCUT2D eigenvalue weighted by Crippen LogP contribution is -2.38. The molecule has 0 amide bonds. The molecule has 1 aliphatic carbocycles. The number of allylic oxidation sites excluding steroid dienone is 3. The van der Waals surface area contributed by atoms with Crippen LogP contribution in [0.25, 0.3) is 10.9 Å². The van der Waals surface area contributed by atoms with Crippen molar-refractivity contribution in [2.45, 2.75) is 31.6 Å². The summed E-state index contributed by atoms with van der Waals surface area (Å²) < 4.78 is 26.7. The third-order valence-electron chi connectivity index (χ3n) is 4.27. The molecule has 1 unspecified atom stereocenters. The molecule has 1 aliphatic rings. The number of benzene rings is 1. The standard InChI is InChI=1S/C17H19NO3S/c1-13-5-4-9-17(2,11-13)22(20,21)18-10-8-15-14(12-19)6-3-7-16(15)18/h3-10,19H,11-12H2,1-2H3. The van der Waals surface area contributed by atoms with Crippen molar-refractivity contribution in [3.8, 4) is 0 Å². The maximum atomic E-state index is 13.2. The molecule has 5 heteroatoms. The molecule has 1 heterocycles. The van der Waals surface area contributed by atoms with E-state index in [1.165, 1.54) is 3.97 Å². The first-order valence-electron chi connectivity index (χ1n) is 7.19. The third-order valence-corrected chi connectivity index (χ3v) is 6.56. The predicted octanol–water partition coefficient (Wildman–Crippen LogP) is 2.98. The van der Waals surface area contributed by atoms with E-state index in [9.17, 15) is 13.5 Å². The quantitative estimate of drug-likeness (QED) is 0.947. The van der Waals surface area contributed by atoms with E-state index in [0.717, 1.165) is 16.5 Å². The lowest BCUT2D eigenvalue weighted by atomic mass is 9.96. The van der Waals surface area contributed by atoms with Gasteiger partial charge in [-0.25, -0.2) is 12.4 Å². The Kier molecular flexibility index (Phi) is 3.50. The van der Waals surface area contributed by atoms with Crippen LogP contribution in [0.5, 0.6) is 0 Å². The maximum absolute atomic E-state index is 13.2. The van der Waals surface area contributed by atoms with Crippen molar-refractivity contribution in [3.05, 3.63) is 59.8 Å². The fraction of sp³-hybridized carbons (Fsp3) is 0.294. The van der Waals surface area contributed by atoms with Gasteiger partial charge >= 0.3 is 0 Å². The first-order valence-corrected chi connectivity index (χ1v) is 8.63. The molecular formula is C17H19NO3S. The molecule has 0 spiro atoms. The number of aliphatic hydroxyl groups excluding tert-OH is 1. The van der Waals surface area contributed by atoms with E-state index in [1.807, 2.05) is 13.0 Å². The number of fused-ring (bicyclic) bond motifs is 1. The zero-order valence-corrected chi connectivity index (χ0v) is 13.5. The van der Waals surface area contributed by atoms with Gasteiger partial charge in [-0.05, 0) is 38.0 Å². The van der Waals surface area contributed by atoms with Gasteiger partial charge in [0, 0.05) is 11.6 Å². The van der Waals surface area contributed by atoms with Crippen LogP contribution in [0.2, 0.25) is 0 Å². The molecule has 3 rings (SSSR count). The minimum Gasteiger partial charge on any atom is -0.392 e. The fourth-order valence-electron chi connectivity index (χ4n) is 3.04. The van der Waals surface area contributed by atoms with Crippen LogP contribution in [-0.2, 0) is 16.6 Å². The minimum absolute atomic E-state index is 0.111. The average molecular weight is 317 g/mol. The molecule has 22 heavy (non-hydrogen) atoms. The average Bonchev–Trinajstić information content (AvgIpc) is 2.91. The largest absolute Gasteiger partial charge is 0.392 e. The van der Waals surface area contributed by atoms with Crippen LogP contribution in [0.4, 0.5) is 0 Å². The van der Waals surface area contributed by atoms with Crippen molar-refractivity contribution in [2.75, 3.05) is 0 Å². The molecule has 0 saturated carbocycles. The zero-order chi connectivity index (χ0) is 16.0. The smallest absolute Gasteiger partial charge is 0.248 e. The van der Waals surface area contributed by atoms with E-state index in [0.29, 0.717) is 11.9 Å². The summed E-state index contributed by atoms with van der Waals surface area (Å²) in [6.45, 7) is 3.58. The van der Waals surface area contributed by atoms with Crippen molar-refractivity contribution in [2.24, 2.45) is 0 Å². The number of nitrogens with zero attached hydrogens (tertiary/aromatic N) is 1. The second kappa shape index (κ2) is 5.11. The highest BCUT2D eigenvalue weighted by Crippen LogP contribution is 2.34. The highest BCUT2D eigenvalue weighted by atomic mass is 32.2. The second-order valence-electron chi connectivity index (χ2n) is 5.99. The number of aliphatic hydroxyl groups is 1. The van der Waals surface area contributed by atoms with Crippen LogP contribution in [-0.4, -0.2) is 22.2 Å². The van der Waals surface area contributed by atoms with Crippen LogP contribution >= 0.6 is 0 Å². The summed E-state index contributed by atoms with van der Waals surface area (Å²) >= 11 is 0. The first-order chi connectivity index (χ1) is 10.4. The monoisotopic (exact) mass is 317 g/mol. The molecule has 0 aliphatic heterocycles. The zero-order valence-electron chi connectivity index (χ0n) is 12.7. The van der Waals surface area contributed by atoms with Crippen LogP contribution in [0, 0.1) is 0 Å². The van der Waals surface area contributed by atoms with Gasteiger partial charge < -0.3 is 5.11 Å². The van der Waals surface area contributed by atoms with E-state index in [4.69, 9.17) is 0 Å². The Balaban J connectivity index is 2.19. The second-order valence-corrected chi connectivity index (χ2v) is 8.26. The summed E-state index contributed by atoms with van der Waals surface area (Å²) in [5, 5.41) is 10.2. The van der Waals surface area contributed by atoms with Crippen LogP contribution < -0.4 is 0 Å². The molecule has 116 valence electrons. The molecule has 1 atom stereocenters.